The third kappa shape index (κ3) is 7.40. The van der Waals surface area contributed by atoms with Crippen LogP contribution in [0, 0.1) is 0 Å². The first-order valence-corrected chi connectivity index (χ1v) is 9.68. The number of hydrogen-bond acceptors (Lipinski definition) is 4. The molecule has 1 aromatic carbocycles. The van der Waals surface area contributed by atoms with Crippen LogP contribution >= 0.6 is 0 Å². The summed E-state index contributed by atoms with van der Waals surface area (Å²) >= 11 is 0. The summed E-state index contributed by atoms with van der Waals surface area (Å²) in [7, 11) is 3.90. The standard InChI is InChI=1S/C20H27N5O.C2H6/c1-4-5-6-12-17-19(21)24-20(23-17)15-10-7-8-11-16(15)22-18(26)13-9-14-25(2)3;1-2/h4-5,7-11,13H,6,12,14,21H2,1-3H3,(H,22,26)(H,23,24);1-2H3/b5-4-,13-9+;. The molecule has 4 N–H and O–H groups in total. The molecule has 6 heteroatoms. The first-order valence-electron chi connectivity index (χ1n) is 9.68. The molecule has 0 radical (unpaired) electrons. The Balaban J connectivity index is 0.00000190. The fourth-order valence-corrected chi connectivity index (χ4v) is 2.48. The number of nitrogen functional groups attached to an aromatic ring is 1. The first-order chi connectivity index (χ1) is 13.5. The first kappa shape index (κ1) is 23.2. The normalized spacial score (nSPS) is 11.1. The van der Waals surface area contributed by atoms with Crippen molar-refractivity contribution in [3.05, 3.63) is 54.3 Å². The van der Waals surface area contributed by atoms with E-state index in [2.05, 4.69) is 21.4 Å². The highest BCUT2D eigenvalue weighted by Gasteiger charge is 2.13. The molecule has 0 unspecified atom stereocenters. The second kappa shape index (κ2) is 12.5. The maximum atomic E-state index is 12.1. The molecule has 0 saturated heterocycles. The minimum Gasteiger partial charge on any atom is -0.382 e. The van der Waals surface area contributed by atoms with Gasteiger partial charge in [0.2, 0.25) is 5.91 Å². The highest BCUT2D eigenvalue weighted by Crippen LogP contribution is 2.27. The van der Waals surface area contributed by atoms with E-state index in [9.17, 15) is 4.79 Å². The summed E-state index contributed by atoms with van der Waals surface area (Å²) in [5, 5.41) is 2.91. The van der Waals surface area contributed by atoms with Crippen LogP contribution < -0.4 is 11.1 Å². The minimum absolute atomic E-state index is 0.174. The van der Waals surface area contributed by atoms with Crippen LogP contribution in [0.2, 0.25) is 0 Å². The van der Waals surface area contributed by atoms with Crippen molar-refractivity contribution >= 4 is 17.4 Å². The zero-order valence-corrected chi connectivity index (χ0v) is 17.6. The number of nitrogens with zero attached hydrogens (tertiary/aromatic N) is 2. The molecule has 28 heavy (non-hydrogen) atoms. The molecular formula is C22H33N5O. The lowest BCUT2D eigenvalue weighted by Crippen LogP contribution is -2.13. The molecule has 0 spiro atoms. The van der Waals surface area contributed by atoms with Gasteiger partial charge in [0.05, 0.1) is 11.4 Å². The highest BCUT2D eigenvalue weighted by molar-refractivity contribution is 6.01. The van der Waals surface area contributed by atoms with Gasteiger partial charge in [-0.3, -0.25) is 4.79 Å². The Bertz CT molecular complexity index is 790. The molecule has 2 rings (SSSR count). The molecule has 0 atom stereocenters. The topological polar surface area (TPSA) is 87.0 Å². The van der Waals surface area contributed by atoms with E-state index in [1.807, 2.05) is 76.2 Å². The molecule has 0 fully saturated rings. The number of likely N-dealkylation sites (N-methyl/N-ethyl adjacent to an activating group) is 1. The van der Waals surface area contributed by atoms with Crippen molar-refractivity contribution in [1.29, 1.82) is 0 Å². The zero-order valence-electron chi connectivity index (χ0n) is 17.6. The summed E-state index contributed by atoms with van der Waals surface area (Å²) in [6.45, 7) is 6.70. The summed E-state index contributed by atoms with van der Waals surface area (Å²) < 4.78 is 0. The number of imidazole rings is 1. The summed E-state index contributed by atoms with van der Waals surface area (Å²) in [6, 6.07) is 7.55. The molecule has 0 aliphatic carbocycles. The van der Waals surface area contributed by atoms with Gasteiger partial charge in [-0.25, -0.2) is 4.98 Å². The number of allylic oxidation sites excluding steroid dienone is 2. The fraction of sp³-hybridized carbons (Fsp3) is 0.364. The van der Waals surface area contributed by atoms with Crippen LogP contribution in [0.1, 0.15) is 32.9 Å². The highest BCUT2D eigenvalue weighted by atomic mass is 16.1. The van der Waals surface area contributed by atoms with Crippen molar-refractivity contribution in [2.24, 2.45) is 0 Å². The summed E-state index contributed by atoms with van der Waals surface area (Å²) in [6.07, 6.45) is 9.16. The smallest absolute Gasteiger partial charge is 0.248 e. The number of para-hydroxylation sites is 1. The maximum absolute atomic E-state index is 12.1. The van der Waals surface area contributed by atoms with E-state index in [0.29, 0.717) is 23.9 Å². The second-order valence-corrected chi connectivity index (χ2v) is 6.26. The van der Waals surface area contributed by atoms with E-state index in [1.54, 1.807) is 0 Å². The molecular weight excluding hydrogens is 350 g/mol. The molecule has 0 saturated carbocycles. The number of benzene rings is 1. The number of carbonyl (C=O) groups excluding carboxylic acids is 1. The number of aryl methyl sites for hydroxylation is 1. The summed E-state index contributed by atoms with van der Waals surface area (Å²) in [4.78, 5) is 21.8. The van der Waals surface area contributed by atoms with Gasteiger partial charge in [-0.15, -0.1) is 0 Å². The Morgan fingerprint density at radius 3 is 2.64 bits per heavy atom. The zero-order chi connectivity index (χ0) is 20.9. The number of nitrogens with one attached hydrogen (secondary N) is 2. The lowest BCUT2D eigenvalue weighted by Gasteiger charge is -2.08. The molecule has 2 aromatic rings. The average Bonchev–Trinajstić information content (AvgIpc) is 3.04. The summed E-state index contributed by atoms with van der Waals surface area (Å²) in [5.41, 5.74) is 8.45. The van der Waals surface area contributed by atoms with Crippen molar-refractivity contribution in [2.45, 2.75) is 33.6 Å². The second-order valence-electron chi connectivity index (χ2n) is 6.26. The monoisotopic (exact) mass is 383 g/mol. The number of nitrogens with two attached hydrogens (primary N) is 1. The molecule has 1 heterocycles. The van der Waals surface area contributed by atoms with E-state index in [4.69, 9.17) is 5.73 Å². The van der Waals surface area contributed by atoms with Gasteiger partial charge in [-0.2, -0.15) is 0 Å². The lowest BCUT2D eigenvalue weighted by atomic mass is 10.1. The molecule has 0 aliphatic rings. The molecule has 0 aliphatic heterocycles. The van der Waals surface area contributed by atoms with Gasteiger partial charge in [0.1, 0.15) is 11.6 Å². The van der Waals surface area contributed by atoms with Gasteiger partial charge in [0, 0.05) is 18.2 Å². The number of rotatable bonds is 8. The van der Waals surface area contributed by atoms with E-state index in [0.717, 1.165) is 24.1 Å². The Hall–Kier alpha value is -2.86. The number of aromatic amines is 1. The number of H-pyrrole nitrogens is 1. The predicted octanol–water partition coefficient (Wildman–Crippen LogP) is 4.25. The maximum Gasteiger partial charge on any atom is 0.248 e. The number of hydrogen-bond donors (Lipinski definition) is 3. The van der Waals surface area contributed by atoms with Gasteiger partial charge in [0.15, 0.2) is 0 Å². The largest absolute Gasteiger partial charge is 0.382 e. The minimum atomic E-state index is -0.174. The van der Waals surface area contributed by atoms with Crippen molar-refractivity contribution in [3.63, 3.8) is 0 Å². The number of amides is 1. The third-order valence-corrected chi connectivity index (χ3v) is 3.79. The summed E-state index contributed by atoms with van der Waals surface area (Å²) in [5.74, 6) is 0.981. The Morgan fingerprint density at radius 2 is 1.96 bits per heavy atom. The van der Waals surface area contributed by atoms with Crippen LogP contribution in [0.4, 0.5) is 11.5 Å². The Labute approximate surface area is 168 Å². The van der Waals surface area contributed by atoms with Gasteiger partial charge in [-0.05, 0) is 46.0 Å². The number of anilines is 2. The SMILES string of the molecule is C/C=C\CCc1[nH]c(-c2ccccc2NC(=O)/C=C/CN(C)C)nc1N.CC. The predicted molar refractivity (Wildman–Crippen MR) is 119 cm³/mol. The van der Waals surface area contributed by atoms with Crippen molar-refractivity contribution in [2.75, 3.05) is 31.7 Å². The van der Waals surface area contributed by atoms with Gasteiger partial charge < -0.3 is 20.9 Å². The fourth-order valence-electron chi connectivity index (χ4n) is 2.48. The van der Waals surface area contributed by atoms with Gasteiger partial charge >= 0.3 is 0 Å². The molecule has 152 valence electrons. The van der Waals surface area contributed by atoms with Crippen LogP contribution in [0.15, 0.2) is 48.6 Å². The van der Waals surface area contributed by atoms with Gasteiger partial charge in [-0.1, -0.05) is 44.2 Å². The van der Waals surface area contributed by atoms with Crippen LogP contribution in [0.3, 0.4) is 0 Å². The van der Waals surface area contributed by atoms with Crippen LogP contribution in [-0.4, -0.2) is 41.4 Å². The van der Waals surface area contributed by atoms with Crippen molar-refractivity contribution < 1.29 is 4.79 Å². The van der Waals surface area contributed by atoms with Crippen LogP contribution in [0.25, 0.3) is 11.4 Å². The Morgan fingerprint density at radius 1 is 1.25 bits per heavy atom. The van der Waals surface area contributed by atoms with Crippen molar-refractivity contribution in [1.82, 2.24) is 14.9 Å². The average molecular weight is 384 g/mol. The van der Waals surface area contributed by atoms with E-state index < -0.39 is 0 Å². The molecule has 1 amide bonds. The van der Waals surface area contributed by atoms with Crippen molar-refractivity contribution in [3.8, 4) is 11.4 Å². The number of carbonyl (C=O) groups is 1. The lowest BCUT2D eigenvalue weighted by molar-refractivity contribution is -0.111. The van der Waals surface area contributed by atoms with Crippen LogP contribution in [0.5, 0.6) is 0 Å². The number of aromatic nitrogens is 2. The van der Waals surface area contributed by atoms with E-state index >= 15 is 0 Å². The van der Waals surface area contributed by atoms with E-state index in [1.165, 1.54) is 6.08 Å². The molecule has 6 nitrogen and oxygen atoms in total. The quantitative estimate of drug-likeness (QED) is 0.470. The van der Waals surface area contributed by atoms with Crippen LogP contribution in [-0.2, 0) is 11.2 Å². The Kier molecular flexibility index (Phi) is 10.4. The van der Waals surface area contributed by atoms with Gasteiger partial charge in [0.25, 0.3) is 0 Å². The molecule has 1 aromatic heterocycles. The van der Waals surface area contributed by atoms with E-state index in [-0.39, 0.29) is 5.91 Å². The third-order valence-electron chi connectivity index (χ3n) is 3.79. The molecule has 0 bridgehead atoms.